The highest BCUT2D eigenvalue weighted by molar-refractivity contribution is 6.30. The first-order chi connectivity index (χ1) is 12.3. The van der Waals surface area contributed by atoms with Gasteiger partial charge in [-0.2, -0.15) is 0 Å². The fourth-order valence-electron chi connectivity index (χ4n) is 2.54. The number of anilines is 1. The average Bonchev–Trinajstić information content (AvgIpc) is 2.67. The summed E-state index contributed by atoms with van der Waals surface area (Å²) < 4.78 is 0. The predicted molar refractivity (Wildman–Crippen MR) is 102 cm³/mol. The Labute approximate surface area is 150 Å². The maximum Gasteiger partial charge on any atom is 0.180 e. The number of rotatable bonds is 4. The van der Waals surface area contributed by atoms with Crippen LogP contribution < -0.4 is 5.32 Å². The third-order valence-corrected chi connectivity index (χ3v) is 4.12. The lowest BCUT2D eigenvalue weighted by Crippen LogP contribution is -2.02. The second-order valence-corrected chi connectivity index (χ2v) is 6.08. The monoisotopic (exact) mass is 346 g/mol. The molecular weight excluding hydrogens is 332 g/mol. The molecule has 2 aromatic carbocycles. The molecule has 0 aliphatic heterocycles. The number of nitrogens with zero attached hydrogens (tertiary/aromatic N) is 3. The predicted octanol–water partition coefficient (Wildman–Crippen LogP) is 4.96. The van der Waals surface area contributed by atoms with E-state index in [1.807, 2.05) is 66.7 Å². The topological polar surface area (TPSA) is 50.7 Å². The molecule has 5 heteroatoms. The molecule has 4 nitrogen and oxygen atoms in total. The Bertz CT molecular complexity index is 1000. The van der Waals surface area contributed by atoms with Crippen molar-refractivity contribution < 1.29 is 0 Å². The lowest BCUT2D eigenvalue weighted by Gasteiger charge is -2.07. The normalized spacial score (nSPS) is 10.8. The van der Waals surface area contributed by atoms with Crippen molar-refractivity contribution in [1.82, 2.24) is 15.0 Å². The minimum atomic E-state index is 0.627. The van der Waals surface area contributed by atoms with Crippen LogP contribution in [0.4, 0.5) is 5.82 Å². The van der Waals surface area contributed by atoms with Crippen molar-refractivity contribution in [2.45, 2.75) is 6.54 Å². The van der Waals surface area contributed by atoms with Gasteiger partial charge < -0.3 is 5.32 Å². The zero-order valence-electron chi connectivity index (χ0n) is 13.4. The number of pyridine rings is 1. The molecule has 0 aliphatic rings. The van der Waals surface area contributed by atoms with E-state index in [1.54, 1.807) is 6.20 Å². The summed E-state index contributed by atoms with van der Waals surface area (Å²) in [6.45, 7) is 0.668. The number of benzene rings is 2. The Morgan fingerprint density at radius 1 is 0.840 bits per heavy atom. The van der Waals surface area contributed by atoms with Gasteiger partial charge in [-0.05, 0) is 29.8 Å². The second kappa shape index (κ2) is 6.87. The minimum absolute atomic E-state index is 0.627. The maximum atomic E-state index is 5.91. The summed E-state index contributed by atoms with van der Waals surface area (Å²) in [5.41, 5.74) is 4.38. The molecule has 0 saturated carbocycles. The summed E-state index contributed by atoms with van der Waals surface area (Å²) in [5, 5.41) is 4.04. The standard InChI is InChI=1S/C20H15ClN4/c21-16-8-6-14(7-9-16)12-23-19-11-10-17-20(25-19)24-18(13-22-17)15-4-2-1-3-5-15/h1-11,13H,12H2,(H,23,24,25). The Kier molecular flexibility index (Phi) is 4.27. The third kappa shape index (κ3) is 3.59. The molecule has 4 rings (SSSR count). The van der Waals surface area contributed by atoms with Gasteiger partial charge in [-0.15, -0.1) is 0 Å². The molecule has 0 saturated heterocycles. The second-order valence-electron chi connectivity index (χ2n) is 5.64. The number of fused-ring (bicyclic) bond motifs is 1. The first-order valence-electron chi connectivity index (χ1n) is 7.95. The number of hydrogen-bond acceptors (Lipinski definition) is 4. The van der Waals surface area contributed by atoms with Gasteiger partial charge in [0.15, 0.2) is 5.65 Å². The van der Waals surface area contributed by atoms with E-state index >= 15 is 0 Å². The van der Waals surface area contributed by atoms with Crippen LogP contribution in [-0.2, 0) is 6.54 Å². The molecule has 0 spiro atoms. The van der Waals surface area contributed by atoms with Crippen LogP contribution in [0.3, 0.4) is 0 Å². The Morgan fingerprint density at radius 2 is 1.64 bits per heavy atom. The molecule has 0 aliphatic carbocycles. The van der Waals surface area contributed by atoms with Crippen molar-refractivity contribution in [3.05, 3.63) is 83.5 Å². The summed E-state index contributed by atoms with van der Waals surface area (Å²) in [6, 6.07) is 21.5. The minimum Gasteiger partial charge on any atom is -0.366 e. The quantitative estimate of drug-likeness (QED) is 0.567. The summed E-state index contributed by atoms with van der Waals surface area (Å²) in [7, 11) is 0. The van der Waals surface area contributed by atoms with E-state index in [0.717, 1.165) is 33.2 Å². The van der Waals surface area contributed by atoms with E-state index in [2.05, 4.69) is 20.3 Å². The zero-order valence-corrected chi connectivity index (χ0v) is 14.1. The zero-order chi connectivity index (χ0) is 17.1. The van der Waals surface area contributed by atoms with Crippen LogP contribution in [0.2, 0.25) is 5.02 Å². The van der Waals surface area contributed by atoms with Crippen LogP contribution in [0.15, 0.2) is 72.9 Å². The fourth-order valence-corrected chi connectivity index (χ4v) is 2.67. The van der Waals surface area contributed by atoms with Crippen molar-refractivity contribution in [3.63, 3.8) is 0 Å². The molecule has 2 heterocycles. The molecule has 0 fully saturated rings. The van der Waals surface area contributed by atoms with E-state index in [0.29, 0.717) is 12.2 Å². The van der Waals surface area contributed by atoms with Crippen LogP contribution >= 0.6 is 11.6 Å². The van der Waals surface area contributed by atoms with Gasteiger partial charge >= 0.3 is 0 Å². The lowest BCUT2D eigenvalue weighted by atomic mass is 10.2. The summed E-state index contributed by atoms with van der Waals surface area (Å²) in [6.07, 6.45) is 1.78. The van der Waals surface area contributed by atoms with Gasteiger partial charge in [0.05, 0.1) is 11.9 Å². The van der Waals surface area contributed by atoms with Gasteiger partial charge in [-0.1, -0.05) is 54.1 Å². The van der Waals surface area contributed by atoms with E-state index < -0.39 is 0 Å². The van der Waals surface area contributed by atoms with Crippen molar-refractivity contribution in [2.24, 2.45) is 0 Å². The molecule has 4 aromatic rings. The molecule has 122 valence electrons. The van der Waals surface area contributed by atoms with Crippen LogP contribution in [0.1, 0.15) is 5.56 Å². The van der Waals surface area contributed by atoms with Crippen molar-refractivity contribution >= 4 is 28.6 Å². The molecule has 0 unspecified atom stereocenters. The van der Waals surface area contributed by atoms with Gasteiger partial charge in [0, 0.05) is 17.1 Å². The van der Waals surface area contributed by atoms with Crippen LogP contribution in [0, 0.1) is 0 Å². The summed E-state index contributed by atoms with van der Waals surface area (Å²) in [5.74, 6) is 0.766. The average molecular weight is 347 g/mol. The van der Waals surface area contributed by atoms with Crippen molar-refractivity contribution in [3.8, 4) is 11.3 Å². The summed E-state index contributed by atoms with van der Waals surface area (Å²) in [4.78, 5) is 13.7. The number of hydrogen-bond donors (Lipinski definition) is 1. The Hall–Kier alpha value is -2.98. The highest BCUT2D eigenvalue weighted by Crippen LogP contribution is 2.19. The Morgan fingerprint density at radius 3 is 2.44 bits per heavy atom. The molecule has 0 atom stereocenters. The summed E-state index contributed by atoms with van der Waals surface area (Å²) >= 11 is 5.91. The first-order valence-corrected chi connectivity index (χ1v) is 8.33. The van der Waals surface area contributed by atoms with E-state index in [1.165, 1.54) is 0 Å². The van der Waals surface area contributed by atoms with Gasteiger partial charge in [-0.25, -0.2) is 9.97 Å². The lowest BCUT2D eigenvalue weighted by molar-refractivity contribution is 1.11. The molecule has 25 heavy (non-hydrogen) atoms. The first kappa shape index (κ1) is 15.5. The van der Waals surface area contributed by atoms with Gasteiger partial charge in [-0.3, -0.25) is 4.98 Å². The highest BCUT2D eigenvalue weighted by Gasteiger charge is 2.05. The smallest absolute Gasteiger partial charge is 0.180 e. The van der Waals surface area contributed by atoms with E-state index in [4.69, 9.17) is 11.6 Å². The SMILES string of the molecule is Clc1ccc(CNc2ccc3ncc(-c4ccccc4)nc3n2)cc1. The van der Waals surface area contributed by atoms with Gasteiger partial charge in [0.1, 0.15) is 11.3 Å². The largest absolute Gasteiger partial charge is 0.366 e. The highest BCUT2D eigenvalue weighted by atomic mass is 35.5. The van der Waals surface area contributed by atoms with Crippen molar-refractivity contribution in [2.75, 3.05) is 5.32 Å². The van der Waals surface area contributed by atoms with Gasteiger partial charge in [0.2, 0.25) is 0 Å². The van der Waals surface area contributed by atoms with Crippen LogP contribution in [-0.4, -0.2) is 15.0 Å². The Balaban J connectivity index is 1.59. The molecular formula is C20H15ClN4. The number of halogens is 1. The fraction of sp³-hybridized carbons (Fsp3) is 0.0500. The van der Waals surface area contributed by atoms with E-state index in [9.17, 15) is 0 Å². The molecule has 0 amide bonds. The third-order valence-electron chi connectivity index (χ3n) is 3.86. The molecule has 1 N–H and O–H groups in total. The van der Waals surface area contributed by atoms with Crippen LogP contribution in [0.25, 0.3) is 22.4 Å². The van der Waals surface area contributed by atoms with Crippen LogP contribution in [0.5, 0.6) is 0 Å². The van der Waals surface area contributed by atoms with E-state index in [-0.39, 0.29) is 0 Å². The van der Waals surface area contributed by atoms with Gasteiger partial charge in [0.25, 0.3) is 0 Å². The maximum absolute atomic E-state index is 5.91. The number of aromatic nitrogens is 3. The molecule has 2 aromatic heterocycles. The molecule has 0 radical (unpaired) electrons. The van der Waals surface area contributed by atoms with Crippen molar-refractivity contribution in [1.29, 1.82) is 0 Å². The molecule has 0 bridgehead atoms. The number of nitrogens with one attached hydrogen (secondary N) is 1.